The van der Waals surface area contributed by atoms with Gasteiger partial charge >= 0.3 is 7.82 Å². The summed E-state index contributed by atoms with van der Waals surface area (Å²) in [5, 5.41) is 8.04. The Kier molecular flexibility index (Phi) is 18.6. The molecule has 1 heterocycles. The molecule has 0 bridgehead atoms. The van der Waals surface area contributed by atoms with Gasteiger partial charge in [-0.15, -0.1) is 13.2 Å². The van der Waals surface area contributed by atoms with E-state index >= 15 is 0 Å². The molecule has 41 heavy (non-hydrogen) atoms. The van der Waals surface area contributed by atoms with Crippen molar-refractivity contribution in [1.82, 2.24) is 0 Å². The molecular formula is C26H46Cl3N2O9P. The molecule has 0 aliphatic carbocycles. The number of phosphoric ester groups is 1. The minimum Gasteiger partial charge on any atom is -0.446 e. The van der Waals surface area contributed by atoms with Crippen LogP contribution in [-0.4, -0.2) is 87.1 Å². The van der Waals surface area contributed by atoms with Crippen LogP contribution in [0.25, 0.3) is 0 Å². The van der Waals surface area contributed by atoms with Gasteiger partial charge in [-0.05, 0) is 12.8 Å². The lowest BCUT2D eigenvalue weighted by Gasteiger charge is -2.45. The van der Waals surface area contributed by atoms with Crippen molar-refractivity contribution >= 4 is 48.5 Å². The number of phosphoric acid groups is 1. The summed E-state index contributed by atoms with van der Waals surface area (Å²) in [6.45, 7) is 9.13. The summed E-state index contributed by atoms with van der Waals surface area (Å²) in [6.07, 6.45) is 5.21. The van der Waals surface area contributed by atoms with Crippen molar-refractivity contribution in [3.05, 3.63) is 25.3 Å². The zero-order valence-electron chi connectivity index (χ0n) is 25.1. The van der Waals surface area contributed by atoms with E-state index in [0.29, 0.717) is 6.42 Å². The fourth-order valence-corrected chi connectivity index (χ4v) is 5.50. The molecule has 0 aromatic rings. The van der Waals surface area contributed by atoms with Crippen LogP contribution < -0.4 is 5.73 Å². The van der Waals surface area contributed by atoms with Crippen molar-refractivity contribution in [2.24, 2.45) is 5.73 Å². The lowest BCUT2D eigenvalue weighted by molar-refractivity contribution is -0.251. The molecule has 11 nitrogen and oxygen atoms in total. The van der Waals surface area contributed by atoms with Gasteiger partial charge < -0.3 is 29.4 Å². The first kappa shape index (κ1) is 36.9. The first-order valence-corrected chi connectivity index (χ1v) is 16.2. The van der Waals surface area contributed by atoms with Gasteiger partial charge in [0.25, 0.3) is 3.79 Å². The normalized spacial score (nSPS) is 24.4. The smallest absolute Gasteiger partial charge is 0.446 e. The number of hydrogen-bond donors (Lipinski definition) is 2. The number of ether oxygens (including phenoxy) is 5. The zero-order valence-corrected chi connectivity index (χ0v) is 27.2. The van der Waals surface area contributed by atoms with E-state index in [4.69, 9.17) is 78.9 Å². The van der Waals surface area contributed by atoms with Crippen LogP contribution >= 0.6 is 42.6 Å². The molecular weight excluding hydrogens is 622 g/mol. The number of halogens is 3. The molecule has 0 amide bonds. The number of unbranched alkanes of at least 4 members (excludes halogenated alkanes) is 4. The second-order valence-electron chi connectivity index (χ2n) is 9.34. The second-order valence-corrected chi connectivity index (χ2v) is 13.2. The number of alkyl halides is 3. The number of nitrogens with two attached hydrogens (primary N) is 1. The summed E-state index contributed by atoms with van der Waals surface area (Å²) in [4.78, 5) is 0. The highest BCUT2D eigenvalue weighted by atomic mass is 35.6. The molecule has 0 aromatic heterocycles. The molecule has 240 valence electrons. The first-order chi connectivity index (χ1) is 20.0. The lowest BCUT2D eigenvalue weighted by Crippen LogP contribution is -2.64. The summed E-state index contributed by atoms with van der Waals surface area (Å²) in [5.41, 5.74) is 2.32. The Balaban J connectivity index is 3.27. The van der Waals surface area contributed by atoms with Gasteiger partial charge in [0.05, 0.1) is 32.0 Å². The number of rotatable bonds is 23. The molecule has 6 atom stereocenters. The Bertz CT molecular complexity index is 827. The van der Waals surface area contributed by atoms with Crippen LogP contribution in [0.4, 0.5) is 0 Å². The molecule has 1 aliphatic rings. The molecule has 1 fully saturated rings. The standard InChI is InChI=1S/C26H46Cl3N2O9P/c1-6-9-10-11-12-13-19(34-5)14-17-35-23-21(30)24(39-25(31)26(27,28)29)38-20(18-33-4)22(23)40-41(32,36-15-7-2)37-16-8-3/h7-8,19-24,31H,2-3,6,9-18,30H2,1,4-5H3/t19-,20-,21-,22?,23-,24?/m1/s1/i/hT. The maximum absolute atomic E-state index is 13.6. The summed E-state index contributed by atoms with van der Waals surface area (Å²) >= 11 is 17.5. The zero-order chi connectivity index (χ0) is 31.6. The van der Waals surface area contributed by atoms with Crippen LogP contribution in [0.5, 0.6) is 0 Å². The van der Waals surface area contributed by atoms with E-state index in [1.807, 2.05) is 0 Å². The molecule has 2 unspecified atom stereocenters. The molecule has 3 N–H and O–H groups in total. The van der Waals surface area contributed by atoms with Crippen molar-refractivity contribution in [2.75, 3.05) is 40.6 Å². The van der Waals surface area contributed by atoms with E-state index in [2.05, 4.69) is 25.8 Å². The topological polar surface area (TPSA) is 141 Å². The molecule has 0 aromatic carbocycles. The van der Waals surface area contributed by atoms with E-state index in [-0.39, 0.29) is 32.5 Å². The highest BCUT2D eigenvalue weighted by Crippen LogP contribution is 2.52. The van der Waals surface area contributed by atoms with E-state index in [9.17, 15) is 4.57 Å². The molecule has 1 aliphatic heterocycles. The van der Waals surface area contributed by atoms with Crippen molar-refractivity contribution < 1.29 is 43.2 Å². The van der Waals surface area contributed by atoms with Crippen LogP contribution in [0.3, 0.4) is 0 Å². The van der Waals surface area contributed by atoms with Crippen LogP contribution in [0.15, 0.2) is 25.3 Å². The molecule has 0 saturated carbocycles. The summed E-state index contributed by atoms with van der Waals surface area (Å²) in [7, 11) is -1.15. The summed E-state index contributed by atoms with van der Waals surface area (Å²) < 4.78 is 64.9. The lowest BCUT2D eigenvalue weighted by atomic mass is 9.97. The predicted molar refractivity (Wildman–Crippen MR) is 161 cm³/mol. The fraction of sp³-hybridized carbons (Fsp3) is 0.808. The van der Waals surface area contributed by atoms with Crippen LogP contribution in [0.2, 0.25) is 1.41 Å². The summed E-state index contributed by atoms with van der Waals surface area (Å²) in [5.74, 6) is -0.733. The monoisotopic (exact) mass is 668 g/mol. The maximum atomic E-state index is 13.6. The third kappa shape index (κ3) is 14.4. The first-order valence-electron chi connectivity index (χ1n) is 14.1. The van der Waals surface area contributed by atoms with Crippen LogP contribution in [-0.2, 0) is 41.8 Å². The number of nitrogens with one attached hydrogen (secondary N) is 1. The maximum Gasteiger partial charge on any atom is 0.475 e. The highest BCUT2D eigenvalue weighted by molar-refractivity contribution is 7.48. The van der Waals surface area contributed by atoms with Gasteiger partial charge in [0.1, 0.15) is 19.7 Å². The number of hydrogen-bond acceptors (Lipinski definition) is 11. The highest BCUT2D eigenvalue weighted by Gasteiger charge is 2.51. The van der Waals surface area contributed by atoms with E-state index in [0.717, 1.165) is 19.3 Å². The molecule has 1 saturated heterocycles. The van der Waals surface area contributed by atoms with Crippen molar-refractivity contribution in [3.63, 3.8) is 0 Å². The Morgan fingerprint density at radius 3 is 2.32 bits per heavy atom. The Hall–Kier alpha value is -0.270. The Morgan fingerprint density at radius 1 is 1.12 bits per heavy atom. The average molecular weight is 670 g/mol. The van der Waals surface area contributed by atoms with Gasteiger partial charge in [0.15, 0.2) is 0 Å². The molecule has 0 spiro atoms. The number of methoxy groups -OCH3 is 2. The minimum absolute atomic E-state index is 0.0643. The SMILES string of the molecule is [3H]N[C@H]1C(OC(=N)C(Cl)(Cl)Cl)O[C@H](COC)C(OP(=O)(OCC=C)OCC=C)[C@@H]1OCC[C@@H](CCCCCCC)OC. The van der Waals surface area contributed by atoms with Gasteiger partial charge in [0.2, 0.25) is 12.2 Å². The third-order valence-electron chi connectivity index (χ3n) is 6.13. The summed E-state index contributed by atoms with van der Waals surface area (Å²) in [6, 6.07) is -1.11. The van der Waals surface area contributed by atoms with Gasteiger partial charge in [-0.3, -0.25) is 19.0 Å². The van der Waals surface area contributed by atoms with Crippen LogP contribution in [0.1, 0.15) is 51.9 Å². The largest absolute Gasteiger partial charge is 0.475 e. The third-order valence-corrected chi connectivity index (χ3v) is 8.08. The van der Waals surface area contributed by atoms with E-state index in [1.165, 1.54) is 38.5 Å². The Morgan fingerprint density at radius 2 is 1.78 bits per heavy atom. The van der Waals surface area contributed by atoms with Crippen molar-refractivity contribution in [1.29, 1.82) is 5.41 Å². The predicted octanol–water partition coefficient (Wildman–Crippen LogP) is 6.10. The van der Waals surface area contributed by atoms with Gasteiger partial charge in [-0.1, -0.05) is 86.0 Å². The van der Waals surface area contributed by atoms with Gasteiger partial charge in [-0.2, -0.15) is 0 Å². The van der Waals surface area contributed by atoms with E-state index in [1.54, 1.807) is 7.11 Å². The molecule has 1 rings (SSSR count). The fourth-order valence-electron chi connectivity index (χ4n) is 4.04. The second kappa shape index (κ2) is 20.6. The van der Waals surface area contributed by atoms with Crippen LogP contribution in [0, 0.1) is 5.41 Å². The van der Waals surface area contributed by atoms with Gasteiger partial charge in [0, 0.05) is 20.8 Å². The Labute approximate surface area is 260 Å². The quantitative estimate of drug-likeness (QED) is 0.0328. The van der Waals surface area contributed by atoms with Gasteiger partial charge in [-0.25, -0.2) is 4.57 Å². The van der Waals surface area contributed by atoms with Crippen molar-refractivity contribution in [2.45, 2.75) is 92.4 Å². The van der Waals surface area contributed by atoms with Crippen molar-refractivity contribution in [3.8, 4) is 0 Å². The minimum atomic E-state index is -4.23. The van der Waals surface area contributed by atoms with E-state index < -0.39 is 48.2 Å². The molecule has 0 radical (unpaired) electrons. The average Bonchev–Trinajstić information content (AvgIpc) is 2.95. The molecule has 15 heteroatoms.